The van der Waals surface area contributed by atoms with Crippen LogP contribution in [0, 0.1) is 13.8 Å². The predicted molar refractivity (Wildman–Crippen MR) is 109 cm³/mol. The van der Waals surface area contributed by atoms with Crippen molar-refractivity contribution in [3.8, 4) is 0 Å². The highest BCUT2D eigenvalue weighted by molar-refractivity contribution is 7.89. The molecule has 0 radical (unpaired) electrons. The standard InChI is InChI=1S/C19H25ClN4O4S/c1-13-18(15(3)28-22-13)29(26,27)24-10-8-23(9-11-24)14(2)19(25)21-12-16-4-6-17(20)7-5-16/h4-7,14H,8-12H2,1-3H3,(H,21,25). The van der Waals surface area contributed by atoms with Gasteiger partial charge in [0.15, 0.2) is 5.76 Å². The van der Waals surface area contributed by atoms with E-state index in [1.807, 2.05) is 24.0 Å². The van der Waals surface area contributed by atoms with Gasteiger partial charge in [-0.25, -0.2) is 8.42 Å². The van der Waals surface area contributed by atoms with Crippen molar-refractivity contribution < 1.29 is 17.7 Å². The minimum atomic E-state index is -3.66. The van der Waals surface area contributed by atoms with E-state index in [0.29, 0.717) is 49.2 Å². The Balaban J connectivity index is 1.55. The molecule has 3 rings (SSSR count). The molecular weight excluding hydrogens is 416 g/mol. The lowest BCUT2D eigenvalue weighted by molar-refractivity contribution is -0.126. The topological polar surface area (TPSA) is 95.8 Å². The first-order valence-electron chi connectivity index (χ1n) is 9.39. The number of nitrogens with zero attached hydrogens (tertiary/aromatic N) is 3. The quantitative estimate of drug-likeness (QED) is 0.737. The summed E-state index contributed by atoms with van der Waals surface area (Å²) >= 11 is 5.87. The zero-order chi connectivity index (χ0) is 21.2. The number of piperazine rings is 1. The van der Waals surface area contributed by atoms with Gasteiger partial charge in [-0.3, -0.25) is 9.69 Å². The summed E-state index contributed by atoms with van der Waals surface area (Å²) in [4.78, 5) is 14.6. The molecule has 2 aromatic rings. The van der Waals surface area contributed by atoms with E-state index >= 15 is 0 Å². The fourth-order valence-electron chi connectivity index (χ4n) is 3.41. The first kappa shape index (κ1) is 21.8. The molecule has 1 unspecified atom stereocenters. The Bertz CT molecular complexity index is 947. The molecular formula is C19H25ClN4O4S. The second-order valence-electron chi connectivity index (χ2n) is 7.11. The summed E-state index contributed by atoms with van der Waals surface area (Å²) in [5.41, 5.74) is 1.32. The smallest absolute Gasteiger partial charge is 0.248 e. The van der Waals surface area contributed by atoms with E-state index in [9.17, 15) is 13.2 Å². The van der Waals surface area contributed by atoms with Crippen LogP contribution in [0.4, 0.5) is 0 Å². The van der Waals surface area contributed by atoms with Gasteiger partial charge in [-0.15, -0.1) is 0 Å². The molecule has 0 saturated carbocycles. The second kappa shape index (κ2) is 8.83. The zero-order valence-electron chi connectivity index (χ0n) is 16.7. The Kier molecular flexibility index (Phi) is 6.62. The fraction of sp³-hybridized carbons (Fsp3) is 0.474. The fourth-order valence-corrected chi connectivity index (χ4v) is 5.25. The third kappa shape index (κ3) is 4.80. The van der Waals surface area contributed by atoms with E-state index in [-0.39, 0.29) is 16.8 Å². The number of rotatable bonds is 6. The molecule has 29 heavy (non-hydrogen) atoms. The van der Waals surface area contributed by atoms with Gasteiger partial charge in [-0.2, -0.15) is 4.31 Å². The average Bonchev–Trinajstić information content (AvgIpc) is 3.05. The van der Waals surface area contributed by atoms with Crippen molar-refractivity contribution in [1.82, 2.24) is 19.7 Å². The van der Waals surface area contributed by atoms with Crippen molar-refractivity contribution in [2.24, 2.45) is 0 Å². The number of nitrogens with one attached hydrogen (secondary N) is 1. The molecule has 10 heteroatoms. The lowest BCUT2D eigenvalue weighted by Gasteiger charge is -2.36. The van der Waals surface area contributed by atoms with E-state index < -0.39 is 10.0 Å². The van der Waals surface area contributed by atoms with Crippen LogP contribution in [0.1, 0.15) is 23.9 Å². The van der Waals surface area contributed by atoms with E-state index in [1.54, 1.807) is 26.0 Å². The van der Waals surface area contributed by atoms with E-state index in [2.05, 4.69) is 10.5 Å². The summed E-state index contributed by atoms with van der Waals surface area (Å²) < 4.78 is 32.2. The number of aryl methyl sites for hydroxylation is 2. The highest BCUT2D eigenvalue weighted by Gasteiger charge is 2.35. The lowest BCUT2D eigenvalue weighted by Crippen LogP contribution is -2.54. The maximum absolute atomic E-state index is 12.9. The number of amides is 1. The average molecular weight is 441 g/mol. The van der Waals surface area contributed by atoms with Crippen LogP contribution in [0.3, 0.4) is 0 Å². The van der Waals surface area contributed by atoms with Crippen molar-refractivity contribution in [2.45, 2.75) is 38.3 Å². The number of aromatic nitrogens is 1. The molecule has 1 aliphatic heterocycles. The molecule has 1 aliphatic rings. The minimum absolute atomic E-state index is 0.0954. The number of hydrogen-bond acceptors (Lipinski definition) is 6. The monoisotopic (exact) mass is 440 g/mol. The van der Waals surface area contributed by atoms with Crippen LogP contribution >= 0.6 is 11.6 Å². The van der Waals surface area contributed by atoms with Crippen LogP contribution in [0.2, 0.25) is 5.02 Å². The normalized spacial score (nSPS) is 17.2. The van der Waals surface area contributed by atoms with Crippen molar-refractivity contribution in [3.05, 3.63) is 46.3 Å². The second-order valence-corrected chi connectivity index (χ2v) is 9.42. The number of hydrogen-bond donors (Lipinski definition) is 1. The Morgan fingerprint density at radius 2 is 1.83 bits per heavy atom. The summed E-state index contributed by atoms with van der Waals surface area (Å²) in [5.74, 6) is 0.196. The van der Waals surface area contributed by atoms with Gasteiger partial charge in [0, 0.05) is 37.7 Å². The number of carbonyl (C=O) groups excluding carboxylic acids is 1. The Morgan fingerprint density at radius 3 is 2.38 bits per heavy atom. The lowest BCUT2D eigenvalue weighted by atomic mass is 10.2. The molecule has 1 aromatic carbocycles. The van der Waals surface area contributed by atoms with E-state index in [4.69, 9.17) is 16.1 Å². The zero-order valence-corrected chi connectivity index (χ0v) is 18.3. The highest BCUT2D eigenvalue weighted by Crippen LogP contribution is 2.24. The van der Waals surface area contributed by atoms with Gasteiger partial charge in [0.25, 0.3) is 0 Å². The van der Waals surface area contributed by atoms with E-state index in [0.717, 1.165) is 5.56 Å². The Morgan fingerprint density at radius 1 is 1.21 bits per heavy atom. The molecule has 8 nitrogen and oxygen atoms in total. The third-order valence-corrected chi connectivity index (χ3v) is 7.54. The molecule has 158 valence electrons. The summed E-state index contributed by atoms with van der Waals surface area (Å²) in [6, 6.07) is 6.94. The van der Waals surface area contributed by atoms with Gasteiger partial charge in [-0.1, -0.05) is 28.9 Å². The highest BCUT2D eigenvalue weighted by atomic mass is 35.5. The van der Waals surface area contributed by atoms with Crippen molar-refractivity contribution in [3.63, 3.8) is 0 Å². The van der Waals surface area contributed by atoms with Crippen LogP contribution in [0.15, 0.2) is 33.7 Å². The molecule has 1 saturated heterocycles. The van der Waals surface area contributed by atoms with Crippen molar-refractivity contribution in [2.75, 3.05) is 26.2 Å². The van der Waals surface area contributed by atoms with Crippen LogP contribution in [0.5, 0.6) is 0 Å². The summed E-state index contributed by atoms with van der Waals surface area (Å²) in [5, 5.41) is 7.31. The number of benzene rings is 1. The van der Waals surface area contributed by atoms with Crippen LogP contribution in [-0.2, 0) is 21.4 Å². The molecule has 1 fully saturated rings. The Hall–Kier alpha value is -1.94. The van der Waals surface area contributed by atoms with Gasteiger partial charge in [-0.05, 0) is 38.5 Å². The molecule has 0 bridgehead atoms. The van der Waals surface area contributed by atoms with Crippen LogP contribution in [0.25, 0.3) is 0 Å². The Labute approximate surface area is 175 Å². The largest absolute Gasteiger partial charge is 0.360 e. The van der Waals surface area contributed by atoms with Crippen molar-refractivity contribution >= 4 is 27.5 Å². The van der Waals surface area contributed by atoms with E-state index in [1.165, 1.54) is 4.31 Å². The molecule has 1 atom stereocenters. The first-order valence-corrected chi connectivity index (χ1v) is 11.2. The van der Waals surface area contributed by atoms with Gasteiger partial charge in [0.05, 0.1) is 6.04 Å². The van der Waals surface area contributed by atoms with Gasteiger partial charge >= 0.3 is 0 Å². The predicted octanol–water partition coefficient (Wildman–Crippen LogP) is 1.96. The summed E-state index contributed by atoms with van der Waals surface area (Å²) in [6.07, 6.45) is 0. The molecule has 0 aliphatic carbocycles. The molecule has 0 spiro atoms. The van der Waals surface area contributed by atoms with Crippen LogP contribution < -0.4 is 5.32 Å². The number of halogens is 1. The number of carbonyl (C=O) groups is 1. The maximum Gasteiger partial charge on any atom is 0.248 e. The van der Waals surface area contributed by atoms with Crippen molar-refractivity contribution in [1.29, 1.82) is 0 Å². The van der Waals surface area contributed by atoms with Crippen LogP contribution in [-0.4, -0.2) is 60.9 Å². The molecule has 1 aromatic heterocycles. The van der Waals surface area contributed by atoms with Gasteiger partial charge in [0.2, 0.25) is 15.9 Å². The minimum Gasteiger partial charge on any atom is -0.360 e. The van der Waals surface area contributed by atoms with Gasteiger partial charge < -0.3 is 9.84 Å². The summed E-state index contributed by atoms with van der Waals surface area (Å²) in [7, 11) is -3.66. The maximum atomic E-state index is 12.9. The molecule has 1 amide bonds. The first-order chi connectivity index (χ1) is 13.7. The summed E-state index contributed by atoms with van der Waals surface area (Å²) in [6.45, 7) is 7.01. The third-order valence-electron chi connectivity index (χ3n) is 5.15. The SMILES string of the molecule is Cc1noc(C)c1S(=O)(=O)N1CCN(C(C)C(=O)NCc2ccc(Cl)cc2)CC1. The number of sulfonamides is 1. The molecule has 2 heterocycles. The van der Waals surface area contributed by atoms with Gasteiger partial charge in [0.1, 0.15) is 10.6 Å². The molecule has 1 N–H and O–H groups in total.